The molecule has 1 aliphatic rings. The number of nitrogens with zero attached hydrogens (tertiary/aromatic N) is 4. The highest BCUT2D eigenvalue weighted by atomic mass is 15.3. The molecular formula is C8H9N5. The van der Waals surface area contributed by atoms with Gasteiger partial charge in [-0.05, 0) is 12.8 Å². The molecule has 2 heterocycles. The maximum Gasteiger partial charge on any atom is 0.180 e. The second-order valence-electron chi connectivity index (χ2n) is 3.27. The lowest BCUT2D eigenvalue weighted by molar-refractivity contribution is 1.04. The Balaban J connectivity index is 2.09. The number of nitrogens with one attached hydrogen (secondary N) is 1. The molecule has 0 spiro atoms. The highest BCUT2D eigenvalue weighted by molar-refractivity contribution is 5.46. The summed E-state index contributed by atoms with van der Waals surface area (Å²) in [7, 11) is 0. The molecule has 0 aliphatic heterocycles. The van der Waals surface area contributed by atoms with Crippen LogP contribution in [0.4, 0.5) is 5.82 Å². The predicted molar refractivity (Wildman–Crippen MR) is 47.4 cm³/mol. The van der Waals surface area contributed by atoms with E-state index >= 15 is 0 Å². The quantitative estimate of drug-likeness (QED) is 0.729. The summed E-state index contributed by atoms with van der Waals surface area (Å²) in [6.45, 7) is 0. The van der Waals surface area contributed by atoms with Crippen LogP contribution in [0.3, 0.4) is 0 Å². The van der Waals surface area contributed by atoms with Crippen molar-refractivity contribution in [1.82, 2.24) is 19.6 Å². The van der Waals surface area contributed by atoms with Crippen molar-refractivity contribution in [3.8, 4) is 0 Å². The summed E-state index contributed by atoms with van der Waals surface area (Å²) in [5, 5.41) is 11.1. The Morgan fingerprint density at radius 1 is 1.38 bits per heavy atom. The zero-order valence-electron chi connectivity index (χ0n) is 7.01. The second-order valence-corrected chi connectivity index (χ2v) is 3.27. The molecule has 0 radical (unpaired) electrons. The van der Waals surface area contributed by atoms with E-state index < -0.39 is 0 Å². The van der Waals surface area contributed by atoms with E-state index in [4.69, 9.17) is 0 Å². The van der Waals surface area contributed by atoms with Crippen LogP contribution in [0.1, 0.15) is 12.8 Å². The van der Waals surface area contributed by atoms with E-state index in [1.165, 1.54) is 12.8 Å². The molecule has 0 aromatic carbocycles. The number of fused-ring (bicyclic) bond motifs is 1. The SMILES string of the molecule is c1ncc2nncn2c1NC1CC1. The highest BCUT2D eigenvalue weighted by Crippen LogP contribution is 2.24. The van der Waals surface area contributed by atoms with Crippen molar-refractivity contribution in [2.24, 2.45) is 0 Å². The molecule has 0 atom stereocenters. The lowest BCUT2D eigenvalue weighted by atomic mass is 10.5. The molecule has 1 fully saturated rings. The molecule has 66 valence electrons. The minimum atomic E-state index is 0.620. The molecule has 1 N–H and O–H groups in total. The van der Waals surface area contributed by atoms with Crippen molar-refractivity contribution in [3.05, 3.63) is 18.7 Å². The van der Waals surface area contributed by atoms with Crippen LogP contribution < -0.4 is 5.32 Å². The lowest BCUT2D eigenvalue weighted by Gasteiger charge is -2.04. The Bertz CT molecular complexity index is 431. The van der Waals surface area contributed by atoms with Gasteiger partial charge in [-0.3, -0.25) is 9.38 Å². The first-order chi connectivity index (χ1) is 6.43. The lowest BCUT2D eigenvalue weighted by Crippen LogP contribution is -2.05. The number of hydrogen-bond donors (Lipinski definition) is 1. The van der Waals surface area contributed by atoms with Gasteiger partial charge in [0.15, 0.2) is 5.65 Å². The first-order valence-electron chi connectivity index (χ1n) is 4.34. The van der Waals surface area contributed by atoms with Gasteiger partial charge in [0.2, 0.25) is 0 Å². The molecule has 5 nitrogen and oxygen atoms in total. The van der Waals surface area contributed by atoms with Gasteiger partial charge >= 0.3 is 0 Å². The van der Waals surface area contributed by atoms with E-state index in [1.807, 2.05) is 4.40 Å². The maximum absolute atomic E-state index is 4.08. The Hall–Kier alpha value is -1.65. The third kappa shape index (κ3) is 1.12. The van der Waals surface area contributed by atoms with Crippen LogP contribution in [0.25, 0.3) is 5.65 Å². The van der Waals surface area contributed by atoms with Crippen molar-refractivity contribution >= 4 is 11.5 Å². The number of aromatic nitrogens is 4. The second kappa shape index (κ2) is 2.42. The van der Waals surface area contributed by atoms with Gasteiger partial charge < -0.3 is 5.32 Å². The zero-order valence-corrected chi connectivity index (χ0v) is 7.01. The van der Waals surface area contributed by atoms with Crippen molar-refractivity contribution in [3.63, 3.8) is 0 Å². The molecule has 2 aromatic rings. The largest absolute Gasteiger partial charge is 0.367 e. The first kappa shape index (κ1) is 6.82. The molecule has 1 aliphatic carbocycles. The van der Waals surface area contributed by atoms with Crippen LogP contribution in [0.15, 0.2) is 18.7 Å². The minimum Gasteiger partial charge on any atom is -0.367 e. The molecule has 0 amide bonds. The zero-order chi connectivity index (χ0) is 8.67. The van der Waals surface area contributed by atoms with Gasteiger partial charge in [0.05, 0.1) is 12.4 Å². The molecular weight excluding hydrogens is 166 g/mol. The van der Waals surface area contributed by atoms with E-state index in [-0.39, 0.29) is 0 Å². The summed E-state index contributed by atoms with van der Waals surface area (Å²) in [6, 6.07) is 0.620. The van der Waals surface area contributed by atoms with Gasteiger partial charge in [0.1, 0.15) is 12.1 Å². The van der Waals surface area contributed by atoms with E-state index in [0.29, 0.717) is 6.04 Å². The summed E-state index contributed by atoms with van der Waals surface area (Å²) in [4.78, 5) is 4.08. The van der Waals surface area contributed by atoms with Crippen LogP contribution in [0.5, 0.6) is 0 Å². The highest BCUT2D eigenvalue weighted by Gasteiger charge is 2.21. The van der Waals surface area contributed by atoms with E-state index in [2.05, 4.69) is 20.5 Å². The summed E-state index contributed by atoms with van der Waals surface area (Å²) in [5.74, 6) is 0.977. The summed E-state index contributed by atoms with van der Waals surface area (Å²) >= 11 is 0. The first-order valence-corrected chi connectivity index (χ1v) is 4.34. The Morgan fingerprint density at radius 3 is 3.15 bits per heavy atom. The van der Waals surface area contributed by atoms with Crippen LogP contribution >= 0.6 is 0 Å². The fourth-order valence-corrected chi connectivity index (χ4v) is 1.30. The van der Waals surface area contributed by atoms with Gasteiger partial charge in [-0.2, -0.15) is 0 Å². The summed E-state index contributed by atoms with van der Waals surface area (Å²) < 4.78 is 1.91. The molecule has 2 aromatic heterocycles. The molecule has 1 saturated carbocycles. The monoisotopic (exact) mass is 175 g/mol. The fourth-order valence-electron chi connectivity index (χ4n) is 1.30. The van der Waals surface area contributed by atoms with E-state index in [0.717, 1.165) is 11.5 Å². The maximum atomic E-state index is 4.08. The fraction of sp³-hybridized carbons (Fsp3) is 0.375. The van der Waals surface area contributed by atoms with E-state index in [9.17, 15) is 0 Å². The Kier molecular flexibility index (Phi) is 1.27. The molecule has 13 heavy (non-hydrogen) atoms. The van der Waals surface area contributed by atoms with Crippen molar-refractivity contribution in [2.75, 3.05) is 5.32 Å². The molecule has 5 heteroatoms. The number of hydrogen-bond acceptors (Lipinski definition) is 4. The van der Waals surface area contributed by atoms with Crippen LogP contribution in [0, 0.1) is 0 Å². The minimum absolute atomic E-state index is 0.620. The summed E-state index contributed by atoms with van der Waals surface area (Å²) in [5.41, 5.74) is 0.783. The standard InChI is InChI=1S/C8H9N5/c1-2-6(1)11-7-3-9-4-8-12-10-5-13(7)8/h3-6,11H,1-2H2. The van der Waals surface area contributed by atoms with Gasteiger partial charge in [-0.25, -0.2) is 0 Å². The molecule has 0 bridgehead atoms. The average Bonchev–Trinajstić information content (AvgIpc) is 2.83. The summed E-state index contributed by atoms with van der Waals surface area (Å²) in [6.07, 6.45) is 7.69. The molecule has 0 unspecified atom stereocenters. The Labute approximate surface area is 74.8 Å². The third-order valence-corrected chi connectivity index (χ3v) is 2.15. The predicted octanol–water partition coefficient (Wildman–Crippen LogP) is 0.699. The van der Waals surface area contributed by atoms with Crippen LogP contribution in [0.2, 0.25) is 0 Å². The topological polar surface area (TPSA) is 55.1 Å². The Morgan fingerprint density at radius 2 is 2.31 bits per heavy atom. The van der Waals surface area contributed by atoms with Crippen molar-refractivity contribution in [1.29, 1.82) is 0 Å². The van der Waals surface area contributed by atoms with Crippen LogP contribution in [-0.4, -0.2) is 25.6 Å². The van der Waals surface area contributed by atoms with E-state index in [1.54, 1.807) is 18.7 Å². The number of anilines is 1. The normalized spacial score (nSPS) is 16.3. The third-order valence-electron chi connectivity index (χ3n) is 2.15. The van der Waals surface area contributed by atoms with Crippen molar-refractivity contribution in [2.45, 2.75) is 18.9 Å². The average molecular weight is 175 g/mol. The number of rotatable bonds is 2. The van der Waals surface area contributed by atoms with Crippen LogP contribution in [-0.2, 0) is 0 Å². The van der Waals surface area contributed by atoms with Crippen molar-refractivity contribution < 1.29 is 0 Å². The molecule has 0 saturated heterocycles. The van der Waals surface area contributed by atoms with Gasteiger partial charge in [-0.15, -0.1) is 10.2 Å². The van der Waals surface area contributed by atoms with Gasteiger partial charge in [-0.1, -0.05) is 0 Å². The van der Waals surface area contributed by atoms with Gasteiger partial charge in [0.25, 0.3) is 0 Å². The van der Waals surface area contributed by atoms with Gasteiger partial charge in [0, 0.05) is 6.04 Å². The molecule has 3 rings (SSSR count). The smallest absolute Gasteiger partial charge is 0.180 e.